The van der Waals surface area contributed by atoms with Gasteiger partial charge in [0.15, 0.2) is 5.71 Å². The van der Waals surface area contributed by atoms with Gasteiger partial charge in [-0.05, 0) is 94.5 Å². The molecule has 0 atom stereocenters. The van der Waals surface area contributed by atoms with Gasteiger partial charge in [-0.15, -0.1) is 0 Å². The SMILES string of the molecule is CCCCCC[N+]1=C(CCCCC=C2N(c3cccc(S(=O)(=O)O)c3)c3ccc(S(=O)(=O)O)cc3C2(C)C)C(C)(C)c2cc(C)ccc21. The van der Waals surface area contributed by atoms with Crippen LogP contribution in [0.3, 0.4) is 0 Å². The first kappa shape index (κ1) is 36.0. The van der Waals surface area contributed by atoms with Crippen molar-refractivity contribution in [2.45, 2.75) is 114 Å². The smallest absolute Gasteiger partial charge is 0.294 e. The summed E-state index contributed by atoms with van der Waals surface area (Å²) < 4.78 is 70.3. The fraction of sp³-hybridized carbons (Fsp3) is 0.447. The van der Waals surface area contributed by atoms with Gasteiger partial charge in [0, 0.05) is 41.3 Å². The largest absolute Gasteiger partial charge is 0.313 e. The van der Waals surface area contributed by atoms with Gasteiger partial charge in [0.25, 0.3) is 20.2 Å². The maximum Gasteiger partial charge on any atom is 0.294 e. The van der Waals surface area contributed by atoms with E-state index in [9.17, 15) is 25.9 Å². The Labute approximate surface area is 286 Å². The molecule has 0 bridgehead atoms. The molecule has 0 fully saturated rings. The quantitative estimate of drug-likeness (QED) is 0.104. The third-order valence-electron chi connectivity index (χ3n) is 10.0. The lowest BCUT2D eigenvalue weighted by Crippen LogP contribution is -2.29. The second-order valence-corrected chi connectivity index (χ2v) is 17.1. The molecule has 2 aliphatic rings. The third kappa shape index (κ3) is 7.04. The van der Waals surface area contributed by atoms with Crippen molar-refractivity contribution in [2.24, 2.45) is 0 Å². The van der Waals surface area contributed by atoms with Gasteiger partial charge < -0.3 is 4.90 Å². The lowest BCUT2D eigenvalue weighted by atomic mass is 9.79. The minimum Gasteiger partial charge on any atom is -0.313 e. The molecule has 10 heteroatoms. The summed E-state index contributed by atoms with van der Waals surface area (Å²) >= 11 is 0. The summed E-state index contributed by atoms with van der Waals surface area (Å²) in [4.78, 5) is 1.49. The molecule has 2 heterocycles. The van der Waals surface area contributed by atoms with Crippen molar-refractivity contribution < 1.29 is 30.5 Å². The number of unbranched alkanes of at least 4 members (excludes halogenated alkanes) is 5. The van der Waals surface area contributed by atoms with Crippen molar-refractivity contribution >= 4 is 43.0 Å². The van der Waals surface area contributed by atoms with Crippen LogP contribution in [-0.4, -0.2) is 42.8 Å². The number of hydrogen-bond acceptors (Lipinski definition) is 5. The number of rotatable bonds is 13. The minimum absolute atomic E-state index is 0.0563. The first-order valence-corrected chi connectivity index (χ1v) is 19.8. The zero-order valence-corrected chi connectivity index (χ0v) is 30.6. The van der Waals surface area contributed by atoms with Crippen LogP contribution in [0.1, 0.15) is 103 Å². The molecule has 8 nitrogen and oxygen atoms in total. The maximum absolute atomic E-state index is 12.1. The Morgan fingerprint density at radius 3 is 2.17 bits per heavy atom. The van der Waals surface area contributed by atoms with E-state index < -0.39 is 25.7 Å². The van der Waals surface area contributed by atoms with Gasteiger partial charge in [-0.25, -0.2) is 0 Å². The molecule has 5 rings (SSSR count). The summed E-state index contributed by atoms with van der Waals surface area (Å²) in [5.41, 5.74) is 7.50. The molecule has 0 amide bonds. The van der Waals surface area contributed by atoms with E-state index in [2.05, 4.69) is 56.5 Å². The minimum atomic E-state index is -4.45. The number of anilines is 2. The third-order valence-corrected chi connectivity index (χ3v) is 11.7. The monoisotopic (exact) mass is 693 g/mol. The molecule has 3 aromatic carbocycles. The number of allylic oxidation sites excluding steroid dienone is 2. The van der Waals surface area contributed by atoms with E-state index in [1.807, 2.05) is 18.7 Å². The second kappa shape index (κ2) is 13.5. The van der Waals surface area contributed by atoms with E-state index in [1.54, 1.807) is 18.2 Å². The number of aryl methyl sites for hydroxylation is 1. The van der Waals surface area contributed by atoms with Crippen LogP contribution in [0, 0.1) is 6.92 Å². The zero-order chi connectivity index (χ0) is 35.1. The molecule has 258 valence electrons. The van der Waals surface area contributed by atoms with E-state index in [4.69, 9.17) is 0 Å². The first-order valence-electron chi connectivity index (χ1n) is 16.9. The molecular weight excluding hydrogens is 645 g/mol. The van der Waals surface area contributed by atoms with E-state index in [1.165, 1.54) is 66.1 Å². The Balaban J connectivity index is 1.43. The Bertz CT molecular complexity index is 1990. The molecule has 0 aliphatic carbocycles. The molecule has 2 aliphatic heterocycles. The summed E-state index contributed by atoms with van der Waals surface area (Å²) in [5.74, 6) is 0. The Hall–Kier alpha value is -3.31. The predicted molar refractivity (Wildman–Crippen MR) is 192 cm³/mol. The van der Waals surface area contributed by atoms with Crippen LogP contribution < -0.4 is 4.90 Å². The first-order chi connectivity index (χ1) is 22.5. The molecule has 3 aromatic rings. The maximum atomic E-state index is 12.1. The molecule has 0 unspecified atom stereocenters. The summed E-state index contributed by atoms with van der Waals surface area (Å²) in [6.07, 6.45) is 10.6. The van der Waals surface area contributed by atoms with E-state index in [0.717, 1.165) is 44.3 Å². The lowest BCUT2D eigenvalue weighted by molar-refractivity contribution is -0.440. The molecule has 0 radical (unpaired) electrons. The topological polar surface area (TPSA) is 115 Å². The molecular formula is C38H49N2O6S2+. The van der Waals surface area contributed by atoms with Crippen LogP contribution >= 0.6 is 0 Å². The van der Waals surface area contributed by atoms with E-state index in [-0.39, 0.29) is 15.2 Å². The van der Waals surface area contributed by atoms with Crippen molar-refractivity contribution in [3.8, 4) is 0 Å². The highest BCUT2D eigenvalue weighted by Crippen LogP contribution is 2.52. The van der Waals surface area contributed by atoms with Gasteiger partial charge in [0.05, 0.1) is 20.9 Å². The predicted octanol–water partition coefficient (Wildman–Crippen LogP) is 9.02. The van der Waals surface area contributed by atoms with Gasteiger partial charge in [-0.3, -0.25) is 9.11 Å². The highest BCUT2D eigenvalue weighted by molar-refractivity contribution is 7.86. The molecule has 0 saturated heterocycles. The van der Waals surface area contributed by atoms with Gasteiger partial charge >= 0.3 is 0 Å². The van der Waals surface area contributed by atoms with Crippen molar-refractivity contribution in [1.29, 1.82) is 0 Å². The number of benzene rings is 3. The van der Waals surface area contributed by atoms with Gasteiger partial charge in [0.2, 0.25) is 5.69 Å². The summed E-state index contributed by atoms with van der Waals surface area (Å²) in [7, 11) is -8.88. The second-order valence-electron chi connectivity index (χ2n) is 14.2. The summed E-state index contributed by atoms with van der Waals surface area (Å²) in [6.45, 7) is 14.1. The van der Waals surface area contributed by atoms with Crippen molar-refractivity contribution in [3.63, 3.8) is 0 Å². The van der Waals surface area contributed by atoms with Crippen LogP contribution in [0.4, 0.5) is 17.1 Å². The summed E-state index contributed by atoms with van der Waals surface area (Å²) in [5, 5.41) is 0. The van der Waals surface area contributed by atoms with Crippen molar-refractivity contribution in [2.75, 3.05) is 11.4 Å². The van der Waals surface area contributed by atoms with Crippen molar-refractivity contribution in [1.82, 2.24) is 0 Å². The van der Waals surface area contributed by atoms with Crippen LogP contribution in [0.2, 0.25) is 0 Å². The normalized spacial score (nSPS) is 17.7. The van der Waals surface area contributed by atoms with Gasteiger partial charge in [-0.2, -0.15) is 21.4 Å². The standard InChI is InChI=1S/C38H48N2O6S2/c1-7-8-9-13-23-39-33-21-19-27(2)24-31(33)37(3,4)35(39)17-11-10-12-18-36-38(5,6)32-26-30(48(44,45)46)20-22-34(32)40(36)28-15-14-16-29(25-28)47(41,42)43/h14-16,18-22,24-26H,7-13,17,23H2,1-6H3,(H-,41,42,43,44,45,46)/p+1. The van der Waals surface area contributed by atoms with Crippen LogP contribution in [-0.2, 0) is 31.1 Å². The molecule has 0 spiro atoms. The number of nitrogens with zero attached hydrogens (tertiary/aromatic N) is 2. The van der Waals surface area contributed by atoms with Crippen LogP contribution in [0.5, 0.6) is 0 Å². The molecule has 0 saturated carbocycles. The highest BCUT2D eigenvalue weighted by atomic mass is 32.2. The fourth-order valence-electron chi connectivity index (χ4n) is 7.43. The zero-order valence-electron chi connectivity index (χ0n) is 29.0. The average Bonchev–Trinajstić information content (AvgIpc) is 3.36. The van der Waals surface area contributed by atoms with Crippen LogP contribution in [0.25, 0.3) is 0 Å². The fourth-order valence-corrected chi connectivity index (χ4v) is 8.45. The molecule has 2 N–H and O–H groups in total. The van der Waals surface area contributed by atoms with Gasteiger partial charge in [-0.1, -0.05) is 57.4 Å². The van der Waals surface area contributed by atoms with Crippen molar-refractivity contribution in [3.05, 3.63) is 89.1 Å². The van der Waals surface area contributed by atoms with Crippen LogP contribution in [0.15, 0.2) is 82.2 Å². The van der Waals surface area contributed by atoms with Gasteiger partial charge in [0.1, 0.15) is 6.54 Å². The Morgan fingerprint density at radius 2 is 1.48 bits per heavy atom. The number of fused-ring (bicyclic) bond motifs is 2. The Morgan fingerprint density at radius 1 is 0.771 bits per heavy atom. The van der Waals surface area contributed by atoms with E-state index >= 15 is 0 Å². The van der Waals surface area contributed by atoms with E-state index in [0.29, 0.717) is 16.9 Å². The summed E-state index contributed by atoms with van der Waals surface area (Å²) in [6, 6.07) is 17.4. The highest BCUT2D eigenvalue weighted by Gasteiger charge is 2.45. The lowest BCUT2D eigenvalue weighted by Gasteiger charge is -2.27. The Kier molecular flexibility index (Phi) is 10.1. The molecule has 48 heavy (non-hydrogen) atoms. The number of hydrogen-bond donors (Lipinski definition) is 2. The average molecular weight is 694 g/mol. The molecule has 0 aromatic heterocycles.